The first kappa shape index (κ1) is 131. The third-order valence-electron chi connectivity index (χ3n) is 0. The molecule has 21 nitrogen and oxygen atoms in total. The Morgan fingerprint density at radius 2 is 0.355 bits per heavy atom. The Balaban J connectivity index is -0.00000000480. The number of phosphoric acid groups is 2. The van der Waals surface area contributed by atoms with Gasteiger partial charge < -0.3 is 77.2 Å². The first-order valence-electron chi connectivity index (χ1n) is 3.75. The van der Waals surface area contributed by atoms with Crippen molar-refractivity contribution in [3.8, 4) is 0 Å². The van der Waals surface area contributed by atoms with Crippen LogP contribution in [0.1, 0.15) is 0 Å². The topological polar surface area (TPSA) is 475 Å². The summed E-state index contributed by atoms with van der Waals surface area (Å²) in [5.41, 5.74) is 0. The molecular weight excluding hydrogens is 708 g/mol. The number of aliphatic hydroxyl groups excluding tert-OH is 4. The molecule has 0 atom stereocenters. The molecule has 31 heavy (non-hydrogen) atoms. The van der Waals surface area contributed by atoms with Gasteiger partial charge in [-0.3, -0.25) is 21.0 Å². The van der Waals surface area contributed by atoms with Crippen molar-refractivity contribution in [3.63, 3.8) is 0 Å². The van der Waals surface area contributed by atoms with E-state index < -0.39 is 15.6 Å². The van der Waals surface area contributed by atoms with Crippen molar-refractivity contribution >= 4 is 15.6 Å². The molecule has 0 aliphatic heterocycles. The van der Waals surface area contributed by atoms with Crippen LogP contribution in [0.5, 0.6) is 0 Å². The summed E-state index contributed by atoms with van der Waals surface area (Å²) in [7, 11) is -5.28. The Labute approximate surface area is 228 Å². The average Bonchev–Trinajstić information content (AvgIpc) is 2.48. The van der Waals surface area contributed by atoms with E-state index in [0.717, 1.165) is 28.4 Å². The van der Waals surface area contributed by atoms with Gasteiger partial charge in [0, 0.05) is 106 Å². The summed E-state index contributed by atoms with van der Waals surface area (Å²) >= 11 is 0. The minimum absolute atomic E-state index is 0. The molecule has 27 heteroatoms. The normalized spacial score (nSPS) is 4.97. The van der Waals surface area contributed by atoms with E-state index in [9.17, 15) is 0 Å². The third kappa shape index (κ3) is 6100. The molecule has 0 aliphatic rings. The van der Waals surface area contributed by atoms with Crippen molar-refractivity contribution in [2.45, 2.75) is 0 Å². The van der Waals surface area contributed by atoms with E-state index in [2.05, 4.69) is 0 Å². The molecule has 0 spiro atoms. The zero-order valence-electron chi connectivity index (χ0n) is 17.3. The molecule has 24 N–H and O–H groups in total. The van der Waals surface area contributed by atoms with Crippen LogP contribution < -0.4 is 0 Å². The summed E-state index contributed by atoms with van der Waals surface area (Å²) in [6, 6.07) is 0. The number of hydrogen-bond donors (Lipinski definition) is 14. The SMILES string of the molecule is CO.CO.CO.CO.O.O.O.O.O.O=P(O)(O)O.O=P(O)(O)O.OO.OO.[Zn].[Zn].[Zn].[Zn]. The smallest absolute Gasteiger partial charge is 0.412 e. The fraction of sp³-hybridized carbons (Fsp3) is 1.00. The minimum atomic E-state index is -4.64. The third-order valence-corrected chi connectivity index (χ3v) is 0. The van der Waals surface area contributed by atoms with E-state index in [1.165, 1.54) is 0 Å². The van der Waals surface area contributed by atoms with Crippen LogP contribution >= 0.6 is 15.6 Å². The maximum absolute atomic E-state index is 8.88. The molecule has 0 unspecified atom stereocenters. The van der Waals surface area contributed by atoms with Gasteiger partial charge in [-0.1, -0.05) is 0 Å². The van der Waals surface area contributed by atoms with Gasteiger partial charge in [-0.25, -0.2) is 9.13 Å². The molecule has 0 aromatic rings. The van der Waals surface area contributed by atoms with Crippen LogP contribution in [-0.2, 0) is 87.0 Å². The average molecular weight is 744 g/mol. The Kier molecular flexibility index (Phi) is 658. The molecule has 0 radical (unpaired) electrons. The second-order valence-electron chi connectivity index (χ2n) is 1.03. The van der Waals surface area contributed by atoms with Crippen molar-refractivity contribution in [1.82, 2.24) is 0 Å². The standard InChI is InChI=1S/4CH4O.2H3O4P.2H2O2.5H2O.4Zn/c4*1-2;2*1-5(2,3)4;2*1-2;;;;;;;;;/h4*2H,1H3;2*(H3,1,2,3,4);2*1-2H;5*1H2;;;;. The molecule has 0 saturated carbocycles. The maximum atomic E-state index is 8.88. The molecule has 0 heterocycles. The van der Waals surface area contributed by atoms with E-state index in [-0.39, 0.29) is 105 Å². The van der Waals surface area contributed by atoms with Crippen LogP contribution in [0.3, 0.4) is 0 Å². The molecule has 0 amide bonds. The second kappa shape index (κ2) is 155. The van der Waals surface area contributed by atoms with Crippen molar-refractivity contribution < 1.29 is 185 Å². The Morgan fingerprint density at radius 3 is 0.355 bits per heavy atom. The summed E-state index contributed by atoms with van der Waals surface area (Å²) in [6.07, 6.45) is 0. The van der Waals surface area contributed by atoms with Crippen LogP contribution in [0, 0.1) is 0 Å². The van der Waals surface area contributed by atoms with Gasteiger partial charge in [0.25, 0.3) is 0 Å². The van der Waals surface area contributed by atoms with Gasteiger partial charge in [-0.05, 0) is 0 Å². The monoisotopic (exact) mass is 738 g/mol. The van der Waals surface area contributed by atoms with Crippen molar-refractivity contribution in [2.75, 3.05) is 28.4 Å². The van der Waals surface area contributed by atoms with Crippen LogP contribution in [0.2, 0.25) is 0 Å². The van der Waals surface area contributed by atoms with E-state index in [1.807, 2.05) is 0 Å². The second-order valence-corrected chi connectivity index (χ2v) is 3.08. The number of aliphatic hydroxyl groups is 4. The quantitative estimate of drug-likeness (QED) is 0.0474. The van der Waals surface area contributed by atoms with Crippen LogP contribution in [0.4, 0.5) is 0 Å². The molecule has 0 aromatic carbocycles. The van der Waals surface area contributed by atoms with Gasteiger partial charge in [0.05, 0.1) is 0 Å². The van der Waals surface area contributed by atoms with E-state index >= 15 is 0 Å². The van der Waals surface area contributed by atoms with Gasteiger partial charge in [-0.15, -0.1) is 0 Å². The largest absolute Gasteiger partial charge is 0.466 e. The predicted molar refractivity (Wildman–Crippen MR) is 89.7 cm³/mol. The molecular formula is C4H36O21P2Zn4. The molecule has 0 fully saturated rings. The zero-order valence-corrected chi connectivity index (χ0v) is 31.0. The van der Waals surface area contributed by atoms with Gasteiger partial charge in [0.2, 0.25) is 0 Å². The Bertz CT molecular complexity index is 156. The maximum Gasteiger partial charge on any atom is 0.466 e. The number of rotatable bonds is 0. The Morgan fingerprint density at radius 1 is 0.355 bits per heavy atom. The van der Waals surface area contributed by atoms with E-state index in [4.69, 9.17) is 79.9 Å². The minimum Gasteiger partial charge on any atom is -0.412 e. The molecule has 0 aliphatic carbocycles. The van der Waals surface area contributed by atoms with E-state index in [0.29, 0.717) is 0 Å². The van der Waals surface area contributed by atoms with Crippen LogP contribution in [0.25, 0.3) is 0 Å². The molecule has 0 saturated heterocycles. The van der Waals surface area contributed by atoms with Gasteiger partial charge in [-0.2, -0.15) is 0 Å². The van der Waals surface area contributed by atoms with E-state index in [1.54, 1.807) is 0 Å². The fourth-order valence-electron chi connectivity index (χ4n) is 0. The summed E-state index contributed by atoms with van der Waals surface area (Å²) in [4.78, 5) is 43.1. The number of hydrogen-bond acceptors (Lipinski definition) is 10. The molecule has 0 rings (SSSR count). The zero-order chi connectivity index (χ0) is 21.0. The Hall–Kier alpha value is 2.19. The van der Waals surface area contributed by atoms with Crippen molar-refractivity contribution in [2.24, 2.45) is 0 Å². The first-order chi connectivity index (χ1) is 10.0. The summed E-state index contributed by atoms with van der Waals surface area (Å²) in [5, 5.41) is 52.0. The van der Waals surface area contributed by atoms with Gasteiger partial charge in [0.1, 0.15) is 0 Å². The molecule has 196 valence electrons. The van der Waals surface area contributed by atoms with Crippen LogP contribution in [0.15, 0.2) is 0 Å². The fourth-order valence-corrected chi connectivity index (χ4v) is 0. The summed E-state index contributed by atoms with van der Waals surface area (Å²) in [6.45, 7) is 0. The summed E-state index contributed by atoms with van der Waals surface area (Å²) < 4.78 is 17.8. The van der Waals surface area contributed by atoms with Gasteiger partial charge >= 0.3 is 15.6 Å². The van der Waals surface area contributed by atoms with Crippen LogP contribution in [-0.4, -0.2) is 127 Å². The molecule has 0 bridgehead atoms. The predicted octanol–water partition coefficient (Wildman–Crippen LogP) is -7.52. The van der Waals surface area contributed by atoms with Crippen molar-refractivity contribution in [3.05, 3.63) is 0 Å². The van der Waals surface area contributed by atoms with Crippen molar-refractivity contribution in [1.29, 1.82) is 0 Å². The summed E-state index contributed by atoms with van der Waals surface area (Å²) in [5.74, 6) is 0. The van der Waals surface area contributed by atoms with Gasteiger partial charge in [0.15, 0.2) is 0 Å². The first-order valence-corrected chi connectivity index (χ1v) is 6.88. The molecule has 0 aromatic heterocycles.